The minimum Gasteiger partial charge on any atom is -0.294 e. The largest absolute Gasteiger partial charge is 0.294 e. The summed E-state index contributed by atoms with van der Waals surface area (Å²) in [4.78, 5) is 24.7. The Morgan fingerprint density at radius 2 is 1.93 bits per heavy atom. The van der Waals surface area contributed by atoms with Gasteiger partial charge in [-0.25, -0.2) is 14.6 Å². The topological polar surface area (TPSA) is 56.0 Å². The maximum absolute atomic E-state index is 13.1. The molecule has 1 aliphatic heterocycles. The minimum absolute atomic E-state index is 0.0587. The summed E-state index contributed by atoms with van der Waals surface area (Å²) >= 11 is 0. The van der Waals surface area contributed by atoms with E-state index in [1.165, 1.54) is 5.56 Å². The van der Waals surface area contributed by atoms with Crippen molar-refractivity contribution in [2.45, 2.75) is 46.2 Å². The number of nitrogens with zero attached hydrogens (tertiary/aromatic N) is 5. The fourth-order valence-electron chi connectivity index (χ4n) is 3.83. The van der Waals surface area contributed by atoms with Crippen molar-refractivity contribution in [3.05, 3.63) is 75.2 Å². The molecule has 0 radical (unpaired) electrons. The van der Waals surface area contributed by atoms with E-state index in [2.05, 4.69) is 23.7 Å². The van der Waals surface area contributed by atoms with E-state index in [0.717, 1.165) is 48.0 Å². The van der Waals surface area contributed by atoms with E-state index in [-0.39, 0.29) is 5.56 Å². The summed E-state index contributed by atoms with van der Waals surface area (Å²) in [6, 6.07) is 9.80. The lowest BCUT2D eigenvalue weighted by atomic mass is 10.1. The molecule has 146 valence electrons. The van der Waals surface area contributed by atoms with Gasteiger partial charge in [-0.3, -0.25) is 14.4 Å². The fraction of sp³-hybridized carbons (Fsp3) is 0.409. The quantitative estimate of drug-likeness (QED) is 0.701. The van der Waals surface area contributed by atoms with Gasteiger partial charge in [0.2, 0.25) is 0 Å². The smallest absolute Gasteiger partial charge is 0.276 e. The molecule has 0 unspecified atom stereocenters. The molecule has 4 rings (SSSR count). The summed E-state index contributed by atoms with van der Waals surface area (Å²) in [7, 11) is 1.94. The highest BCUT2D eigenvalue weighted by molar-refractivity contribution is 5.33. The van der Waals surface area contributed by atoms with Crippen molar-refractivity contribution in [3.8, 4) is 5.69 Å². The molecule has 0 saturated heterocycles. The number of fused-ring (bicyclic) bond motifs is 1. The van der Waals surface area contributed by atoms with Gasteiger partial charge in [0.05, 0.1) is 11.3 Å². The SMILES string of the molecule is Cc1c(CN2CCc3nc(C(C)C)ncc3C2)c(=O)n(-c2ccccc2)n1C. The molecular weight excluding hydrogens is 350 g/mol. The van der Waals surface area contributed by atoms with Crippen molar-refractivity contribution < 1.29 is 0 Å². The van der Waals surface area contributed by atoms with Gasteiger partial charge in [0.25, 0.3) is 5.56 Å². The predicted octanol–water partition coefficient (Wildman–Crippen LogP) is 2.96. The van der Waals surface area contributed by atoms with Crippen LogP contribution >= 0.6 is 0 Å². The van der Waals surface area contributed by atoms with E-state index in [1.54, 1.807) is 4.68 Å². The summed E-state index contributed by atoms with van der Waals surface area (Å²) in [5.41, 5.74) is 5.14. The van der Waals surface area contributed by atoms with E-state index in [1.807, 2.05) is 55.2 Å². The molecule has 0 aliphatic carbocycles. The first kappa shape index (κ1) is 18.6. The summed E-state index contributed by atoms with van der Waals surface area (Å²) in [5, 5.41) is 0. The van der Waals surface area contributed by atoms with Gasteiger partial charge in [0.15, 0.2) is 0 Å². The van der Waals surface area contributed by atoms with E-state index < -0.39 is 0 Å². The van der Waals surface area contributed by atoms with Gasteiger partial charge in [-0.2, -0.15) is 0 Å². The number of para-hydroxylation sites is 1. The first-order valence-corrected chi connectivity index (χ1v) is 9.85. The first-order chi connectivity index (χ1) is 13.5. The number of aromatic nitrogens is 4. The molecule has 2 aromatic heterocycles. The van der Waals surface area contributed by atoms with Gasteiger partial charge >= 0.3 is 0 Å². The Kier molecular flexibility index (Phi) is 4.89. The van der Waals surface area contributed by atoms with Crippen molar-refractivity contribution >= 4 is 0 Å². The molecular formula is C22H27N5O. The maximum atomic E-state index is 13.1. The molecule has 6 heteroatoms. The highest BCUT2D eigenvalue weighted by Gasteiger charge is 2.23. The second-order valence-electron chi connectivity index (χ2n) is 7.86. The van der Waals surface area contributed by atoms with Crippen molar-refractivity contribution in [1.82, 2.24) is 24.2 Å². The van der Waals surface area contributed by atoms with Crippen LogP contribution in [-0.4, -0.2) is 30.8 Å². The Bertz CT molecular complexity index is 1050. The lowest BCUT2D eigenvalue weighted by Gasteiger charge is -2.27. The summed E-state index contributed by atoms with van der Waals surface area (Å²) in [6.45, 7) is 8.59. The molecule has 28 heavy (non-hydrogen) atoms. The fourth-order valence-corrected chi connectivity index (χ4v) is 3.83. The van der Waals surface area contributed by atoms with Gasteiger partial charge in [-0.15, -0.1) is 0 Å². The molecule has 0 saturated carbocycles. The Balaban J connectivity index is 1.60. The third kappa shape index (κ3) is 3.29. The Labute approximate surface area is 165 Å². The molecule has 1 aliphatic rings. The van der Waals surface area contributed by atoms with Crippen molar-refractivity contribution in [3.63, 3.8) is 0 Å². The second kappa shape index (κ2) is 7.36. The van der Waals surface area contributed by atoms with Crippen LogP contribution in [0.15, 0.2) is 41.3 Å². The Morgan fingerprint density at radius 3 is 2.64 bits per heavy atom. The molecule has 3 heterocycles. The van der Waals surface area contributed by atoms with Crippen LogP contribution in [0.2, 0.25) is 0 Å². The standard InChI is InChI=1S/C22H27N5O/c1-15(2)21-23-12-17-13-26(11-10-20(17)24-21)14-19-16(3)25(4)27(22(19)28)18-8-6-5-7-9-18/h5-9,12,15H,10-11,13-14H2,1-4H3. The van der Waals surface area contributed by atoms with E-state index in [0.29, 0.717) is 12.5 Å². The van der Waals surface area contributed by atoms with Crippen LogP contribution in [0, 0.1) is 6.92 Å². The predicted molar refractivity (Wildman–Crippen MR) is 110 cm³/mol. The number of hydrogen-bond donors (Lipinski definition) is 0. The van der Waals surface area contributed by atoms with Crippen molar-refractivity contribution in [2.75, 3.05) is 6.54 Å². The van der Waals surface area contributed by atoms with Crippen LogP contribution in [0.1, 0.15) is 48.1 Å². The Hall–Kier alpha value is -2.73. The van der Waals surface area contributed by atoms with Crippen LogP contribution in [0.4, 0.5) is 0 Å². The van der Waals surface area contributed by atoms with Gasteiger partial charge in [-0.1, -0.05) is 32.0 Å². The lowest BCUT2D eigenvalue weighted by Crippen LogP contribution is -2.33. The molecule has 0 amide bonds. The van der Waals surface area contributed by atoms with Crippen LogP contribution in [-0.2, 0) is 26.6 Å². The zero-order valence-electron chi connectivity index (χ0n) is 17.0. The average Bonchev–Trinajstić information content (AvgIpc) is 2.91. The minimum atomic E-state index is 0.0587. The third-order valence-corrected chi connectivity index (χ3v) is 5.60. The van der Waals surface area contributed by atoms with Crippen molar-refractivity contribution in [1.29, 1.82) is 0 Å². The van der Waals surface area contributed by atoms with E-state index >= 15 is 0 Å². The van der Waals surface area contributed by atoms with Gasteiger partial charge in [0.1, 0.15) is 5.82 Å². The van der Waals surface area contributed by atoms with Gasteiger partial charge < -0.3 is 0 Å². The third-order valence-electron chi connectivity index (χ3n) is 5.60. The van der Waals surface area contributed by atoms with Crippen molar-refractivity contribution in [2.24, 2.45) is 7.05 Å². The molecule has 0 atom stereocenters. The highest BCUT2D eigenvalue weighted by Crippen LogP contribution is 2.21. The number of benzene rings is 1. The van der Waals surface area contributed by atoms with Crippen LogP contribution in [0.3, 0.4) is 0 Å². The first-order valence-electron chi connectivity index (χ1n) is 9.85. The molecule has 3 aromatic rings. The number of hydrogen-bond acceptors (Lipinski definition) is 4. The van der Waals surface area contributed by atoms with Crippen LogP contribution in [0.25, 0.3) is 5.69 Å². The zero-order valence-corrected chi connectivity index (χ0v) is 17.0. The average molecular weight is 377 g/mol. The monoisotopic (exact) mass is 377 g/mol. The summed E-state index contributed by atoms with van der Waals surface area (Å²) < 4.78 is 3.70. The highest BCUT2D eigenvalue weighted by atomic mass is 16.1. The normalized spacial score (nSPS) is 14.5. The molecule has 0 bridgehead atoms. The molecule has 0 fully saturated rings. The van der Waals surface area contributed by atoms with E-state index in [4.69, 9.17) is 4.98 Å². The van der Waals surface area contributed by atoms with Gasteiger partial charge in [0, 0.05) is 62.2 Å². The lowest BCUT2D eigenvalue weighted by molar-refractivity contribution is 0.241. The van der Waals surface area contributed by atoms with Crippen LogP contribution in [0.5, 0.6) is 0 Å². The molecule has 0 spiro atoms. The summed E-state index contributed by atoms with van der Waals surface area (Å²) in [6.07, 6.45) is 2.86. The van der Waals surface area contributed by atoms with E-state index in [9.17, 15) is 4.79 Å². The van der Waals surface area contributed by atoms with Crippen LogP contribution < -0.4 is 5.56 Å². The zero-order chi connectivity index (χ0) is 19.8. The molecule has 1 aromatic carbocycles. The Morgan fingerprint density at radius 1 is 1.18 bits per heavy atom. The molecule has 0 N–H and O–H groups in total. The van der Waals surface area contributed by atoms with Gasteiger partial charge in [-0.05, 0) is 19.1 Å². The second-order valence-corrected chi connectivity index (χ2v) is 7.86. The molecule has 6 nitrogen and oxygen atoms in total. The maximum Gasteiger partial charge on any atom is 0.276 e. The summed E-state index contributed by atoms with van der Waals surface area (Å²) in [5.74, 6) is 1.25. The number of rotatable bonds is 4.